The number of nitrogens with one attached hydrogen (secondary N) is 2. The molecule has 4 nitrogen and oxygen atoms in total. The van der Waals surface area contributed by atoms with Crippen molar-refractivity contribution in [3.05, 3.63) is 51.7 Å². The molecule has 2 rings (SSSR count). The second-order valence-electron chi connectivity index (χ2n) is 5.39. The zero-order valence-corrected chi connectivity index (χ0v) is 17.3. The average molecular weight is 462 g/mol. The van der Waals surface area contributed by atoms with E-state index in [0.717, 1.165) is 13.0 Å². The van der Waals surface area contributed by atoms with E-state index in [9.17, 15) is 4.39 Å². The van der Waals surface area contributed by atoms with Crippen LogP contribution >= 0.6 is 35.3 Å². The Morgan fingerprint density at radius 3 is 2.79 bits per heavy atom. The van der Waals surface area contributed by atoms with Gasteiger partial charge in [0.05, 0.1) is 12.2 Å². The number of hydrogen-bond donors (Lipinski definition) is 2. The van der Waals surface area contributed by atoms with Gasteiger partial charge < -0.3 is 10.6 Å². The smallest absolute Gasteiger partial charge is 0.191 e. The van der Waals surface area contributed by atoms with Crippen LogP contribution in [-0.2, 0) is 13.0 Å². The van der Waals surface area contributed by atoms with Crippen molar-refractivity contribution in [2.75, 3.05) is 6.54 Å². The van der Waals surface area contributed by atoms with Crippen LogP contribution in [0.5, 0.6) is 0 Å². The summed E-state index contributed by atoms with van der Waals surface area (Å²) in [5.74, 6) is 0.354. The van der Waals surface area contributed by atoms with Crippen LogP contribution in [0.1, 0.15) is 29.3 Å². The fraction of sp³-hybridized carbons (Fsp3) is 0.412. The summed E-state index contributed by atoms with van der Waals surface area (Å²) >= 11 is 1.81. The van der Waals surface area contributed by atoms with Crippen molar-refractivity contribution in [2.24, 2.45) is 4.99 Å². The molecule has 0 aliphatic heterocycles. The normalized spacial score (nSPS) is 12.4. The molecule has 0 aliphatic rings. The summed E-state index contributed by atoms with van der Waals surface area (Å²) in [6.07, 6.45) is 2.51. The number of hydrogen-bond acceptors (Lipinski definition) is 3. The maximum Gasteiger partial charge on any atom is 0.191 e. The van der Waals surface area contributed by atoms with Gasteiger partial charge in [-0.2, -0.15) is 0 Å². The fourth-order valence-electron chi connectivity index (χ4n) is 2.19. The monoisotopic (exact) mass is 462 g/mol. The fourth-order valence-corrected chi connectivity index (χ4v) is 3.21. The molecule has 7 heteroatoms. The molecule has 0 fully saturated rings. The van der Waals surface area contributed by atoms with Crippen LogP contribution in [-0.4, -0.2) is 23.5 Å². The highest BCUT2D eigenvalue weighted by Gasteiger charge is 2.08. The molecule has 0 saturated heterocycles. The highest BCUT2D eigenvalue weighted by atomic mass is 127. The minimum absolute atomic E-state index is 0. The van der Waals surface area contributed by atoms with E-state index in [4.69, 9.17) is 0 Å². The van der Waals surface area contributed by atoms with Crippen molar-refractivity contribution in [2.45, 2.75) is 39.8 Å². The number of thiophene rings is 1. The Kier molecular flexibility index (Phi) is 9.20. The number of guanidine groups is 1. The quantitative estimate of drug-likeness (QED) is 0.389. The lowest BCUT2D eigenvalue weighted by atomic mass is 10.2. The van der Waals surface area contributed by atoms with Gasteiger partial charge in [0.15, 0.2) is 5.96 Å². The number of pyridine rings is 1. The molecule has 132 valence electrons. The molecule has 0 amide bonds. The minimum atomic E-state index is -0.325. The molecule has 0 spiro atoms. The van der Waals surface area contributed by atoms with E-state index in [1.54, 1.807) is 12.3 Å². The minimum Gasteiger partial charge on any atom is -0.357 e. The molecule has 0 aliphatic carbocycles. The summed E-state index contributed by atoms with van der Waals surface area (Å²) in [4.78, 5) is 11.1. The van der Waals surface area contributed by atoms with Gasteiger partial charge in [0.25, 0.3) is 0 Å². The first-order chi connectivity index (χ1) is 11.1. The van der Waals surface area contributed by atoms with E-state index in [0.29, 0.717) is 11.7 Å². The average Bonchev–Trinajstić information content (AvgIpc) is 2.91. The van der Waals surface area contributed by atoms with Crippen molar-refractivity contribution < 1.29 is 4.39 Å². The second kappa shape index (κ2) is 10.6. The van der Waals surface area contributed by atoms with Gasteiger partial charge in [-0.1, -0.05) is 0 Å². The van der Waals surface area contributed by atoms with Crippen LogP contribution in [0.4, 0.5) is 4.39 Å². The molecule has 1 unspecified atom stereocenters. The highest BCUT2D eigenvalue weighted by molar-refractivity contribution is 14.0. The van der Waals surface area contributed by atoms with Gasteiger partial charge in [0.2, 0.25) is 0 Å². The Morgan fingerprint density at radius 2 is 2.17 bits per heavy atom. The zero-order valence-electron chi connectivity index (χ0n) is 14.2. The van der Waals surface area contributed by atoms with Crippen molar-refractivity contribution in [3.63, 3.8) is 0 Å². The standard InChI is InChI=1S/C17H23FN4S.HI/c1-4-19-17(21-11-16-15(18)6-5-9-20-16)22-12(2)10-14-8-7-13(3)23-14;/h5-9,12H,4,10-11H2,1-3H3,(H2,19,21,22);1H. The molecule has 2 heterocycles. The Balaban J connectivity index is 0.00000288. The third kappa shape index (κ3) is 6.72. The summed E-state index contributed by atoms with van der Waals surface area (Å²) in [5.41, 5.74) is 0.353. The van der Waals surface area contributed by atoms with E-state index >= 15 is 0 Å². The number of aliphatic imine (C=N–C) groups is 1. The van der Waals surface area contributed by atoms with E-state index in [1.807, 2.05) is 18.3 Å². The maximum atomic E-state index is 13.6. The third-order valence-corrected chi connectivity index (χ3v) is 4.28. The number of aromatic nitrogens is 1. The van der Waals surface area contributed by atoms with Crippen LogP contribution in [0, 0.1) is 12.7 Å². The molecular weight excluding hydrogens is 438 g/mol. The van der Waals surface area contributed by atoms with Crippen molar-refractivity contribution in [1.82, 2.24) is 15.6 Å². The molecule has 0 bridgehead atoms. The predicted molar refractivity (Wildman–Crippen MR) is 110 cm³/mol. The maximum absolute atomic E-state index is 13.6. The summed E-state index contributed by atoms with van der Waals surface area (Å²) in [7, 11) is 0. The molecule has 0 radical (unpaired) electrons. The number of halogens is 2. The Morgan fingerprint density at radius 1 is 1.38 bits per heavy atom. The zero-order chi connectivity index (χ0) is 16.7. The topological polar surface area (TPSA) is 49.3 Å². The highest BCUT2D eigenvalue weighted by Crippen LogP contribution is 2.16. The van der Waals surface area contributed by atoms with Crippen LogP contribution in [0.2, 0.25) is 0 Å². The number of aryl methyl sites for hydroxylation is 1. The Labute approximate surface area is 164 Å². The number of nitrogens with zero attached hydrogens (tertiary/aromatic N) is 2. The van der Waals surface area contributed by atoms with Crippen LogP contribution in [0.15, 0.2) is 35.5 Å². The van der Waals surface area contributed by atoms with Gasteiger partial charge in [-0.05, 0) is 45.0 Å². The van der Waals surface area contributed by atoms with Gasteiger partial charge in [-0.15, -0.1) is 35.3 Å². The lowest BCUT2D eigenvalue weighted by Gasteiger charge is -2.17. The Hall–Kier alpha value is -1.22. The Bertz CT molecular complexity index is 660. The predicted octanol–water partition coefficient (Wildman–Crippen LogP) is 3.89. The van der Waals surface area contributed by atoms with Crippen LogP contribution in [0.3, 0.4) is 0 Å². The van der Waals surface area contributed by atoms with Crippen molar-refractivity contribution in [3.8, 4) is 0 Å². The molecular formula is C17H24FIN4S. The summed E-state index contributed by atoms with van der Waals surface area (Å²) in [6.45, 7) is 7.20. The third-order valence-electron chi connectivity index (χ3n) is 3.25. The van der Waals surface area contributed by atoms with Gasteiger partial charge in [-0.25, -0.2) is 9.38 Å². The molecule has 0 aromatic carbocycles. The lowest BCUT2D eigenvalue weighted by molar-refractivity contribution is 0.598. The van der Waals surface area contributed by atoms with E-state index in [-0.39, 0.29) is 42.4 Å². The van der Waals surface area contributed by atoms with E-state index in [2.05, 4.69) is 46.6 Å². The molecule has 1 atom stereocenters. The summed E-state index contributed by atoms with van der Waals surface area (Å²) in [6, 6.07) is 7.51. The molecule has 0 saturated carbocycles. The lowest BCUT2D eigenvalue weighted by Crippen LogP contribution is -2.43. The molecule has 2 aromatic rings. The van der Waals surface area contributed by atoms with Gasteiger partial charge >= 0.3 is 0 Å². The van der Waals surface area contributed by atoms with Crippen molar-refractivity contribution in [1.29, 1.82) is 0 Å². The largest absolute Gasteiger partial charge is 0.357 e. The summed E-state index contributed by atoms with van der Waals surface area (Å²) in [5, 5.41) is 6.55. The SMILES string of the molecule is CCNC(=NCc1ncccc1F)NC(C)Cc1ccc(C)s1.I. The van der Waals surface area contributed by atoms with E-state index in [1.165, 1.54) is 15.8 Å². The number of rotatable bonds is 6. The van der Waals surface area contributed by atoms with Gasteiger partial charge in [0, 0.05) is 35.0 Å². The van der Waals surface area contributed by atoms with Crippen molar-refractivity contribution >= 4 is 41.3 Å². The molecule has 2 N–H and O–H groups in total. The first-order valence-electron chi connectivity index (χ1n) is 7.78. The van der Waals surface area contributed by atoms with Gasteiger partial charge in [0.1, 0.15) is 5.82 Å². The second-order valence-corrected chi connectivity index (χ2v) is 6.76. The van der Waals surface area contributed by atoms with Gasteiger partial charge in [-0.3, -0.25) is 4.98 Å². The first kappa shape index (κ1) is 20.8. The first-order valence-corrected chi connectivity index (χ1v) is 8.59. The summed E-state index contributed by atoms with van der Waals surface area (Å²) < 4.78 is 13.6. The van der Waals surface area contributed by atoms with E-state index < -0.39 is 0 Å². The van der Waals surface area contributed by atoms with Crippen LogP contribution < -0.4 is 10.6 Å². The molecule has 24 heavy (non-hydrogen) atoms. The molecule has 2 aromatic heterocycles. The van der Waals surface area contributed by atoms with Crippen LogP contribution in [0.25, 0.3) is 0 Å².